The van der Waals surface area contributed by atoms with E-state index in [2.05, 4.69) is 82.2 Å². The van der Waals surface area contributed by atoms with Gasteiger partial charge in [-0.05, 0) is 102 Å². The molecule has 2 heterocycles. The van der Waals surface area contributed by atoms with Gasteiger partial charge in [-0.2, -0.15) is 22.7 Å². The van der Waals surface area contributed by atoms with Crippen molar-refractivity contribution in [3.63, 3.8) is 0 Å². The predicted molar refractivity (Wildman–Crippen MR) is 159 cm³/mol. The van der Waals surface area contributed by atoms with Crippen LogP contribution in [0, 0.1) is 0 Å². The summed E-state index contributed by atoms with van der Waals surface area (Å²) in [5.74, 6) is 1.36. The van der Waals surface area contributed by atoms with Crippen molar-refractivity contribution < 1.29 is 19.7 Å². The van der Waals surface area contributed by atoms with Gasteiger partial charge < -0.3 is 19.7 Å². The zero-order valence-electron chi connectivity index (χ0n) is 20.6. The van der Waals surface area contributed by atoms with E-state index in [1.54, 1.807) is 22.7 Å². The van der Waals surface area contributed by atoms with E-state index in [-0.39, 0.29) is 26.4 Å². The van der Waals surface area contributed by atoms with Gasteiger partial charge in [0.1, 0.15) is 24.7 Å². The average Bonchev–Trinajstić information content (AvgIpc) is 3.69. The molecule has 0 aliphatic carbocycles. The second-order valence-electron chi connectivity index (χ2n) is 8.92. The van der Waals surface area contributed by atoms with E-state index in [1.807, 2.05) is 12.1 Å². The Hall–Kier alpha value is -3.68. The third-order valence-corrected chi connectivity index (χ3v) is 7.99. The molecule has 6 aromatic rings. The molecule has 38 heavy (non-hydrogen) atoms. The summed E-state index contributed by atoms with van der Waals surface area (Å²) in [6.07, 6.45) is 0. The van der Waals surface area contributed by atoms with Crippen LogP contribution in [0.3, 0.4) is 0 Å². The van der Waals surface area contributed by atoms with Crippen molar-refractivity contribution in [2.45, 2.75) is 0 Å². The van der Waals surface area contributed by atoms with Crippen LogP contribution in [0.5, 0.6) is 11.5 Å². The molecule has 6 rings (SSSR count). The van der Waals surface area contributed by atoms with E-state index in [0.29, 0.717) is 11.5 Å². The largest absolute Gasteiger partial charge is 0.491 e. The normalized spacial score (nSPS) is 11.3. The molecule has 190 valence electrons. The number of hydrogen-bond acceptors (Lipinski definition) is 6. The molecule has 0 spiro atoms. The van der Waals surface area contributed by atoms with Crippen molar-refractivity contribution in [3.8, 4) is 44.9 Å². The van der Waals surface area contributed by atoms with Gasteiger partial charge in [-0.25, -0.2) is 0 Å². The highest BCUT2D eigenvalue weighted by Gasteiger charge is 2.20. The molecule has 0 atom stereocenters. The minimum atomic E-state index is -0.0814. The van der Waals surface area contributed by atoms with Gasteiger partial charge in [-0.15, -0.1) is 0 Å². The van der Waals surface area contributed by atoms with Crippen LogP contribution in [-0.2, 0) is 0 Å². The maximum absolute atomic E-state index is 9.53. The molecular formula is C32H26O4S2. The molecule has 0 radical (unpaired) electrons. The van der Waals surface area contributed by atoms with Crippen LogP contribution in [0.4, 0.5) is 0 Å². The number of ether oxygens (including phenoxy) is 2. The SMILES string of the molecule is OCCOc1ccc2cc(-c3ccsc3)ccc2c1-c1c(OCCO)ccc2cc(-c3ccsc3)ccc12. The molecule has 0 aliphatic heterocycles. The lowest BCUT2D eigenvalue weighted by atomic mass is 9.90. The Morgan fingerprint density at radius 2 is 1.00 bits per heavy atom. The second kappa shape index (κ2) is 11.0. The van der Waals surface area contributed by atoms with Crippen molar-refractivity contribution in [2.24, 2.45) is 0 Å². The van der Waals surface area contributed by atoms with Gasteiger partial charge in [-0.3, -0.25) is 0 Å². The number of aliphatic hydroxyl groups excluding tert-OH is 2. The first-order valence-electron chi connectivity index (χ1n) is 12.4. The highest BCUT2D eigenvalue weighted by molar-refractivity contribution is 7.08. The third kappa shape index (κ3) is 4.68. The number of hydrogen-bond donors (Lipinski definition) is 2. The van der Waals surface area contributed by atoms with Crippen molar-refractivity contribution in [1.82, 2.24) is 0 Å². The van der Waals surface area contributed by atoms with Crippen LogP contribution in [0.25, 0.3) is 54.9 Å². The summed E-state index contributed by atoms with van der Waals surface area (Å²) in [6.45, 7) is 0.209. The van der Waals surface area contributed by atoms with Gasteiger partial charge in [0.2, 0.25) is 0 Å². The summed E-state index contributed by atoms with van der Waals surface area (Å²) >= 11 is 3.36. The standard InChI is InChI=1S/C32H26O4S2/c33-11-13-35-29-7-3-23-17-21(25-9-15-37-19-25)1-5-27(23)31(29)32-28-6-2-22(26-10-16-38-20-26)18-24(28)4-8-30(32)36-14-12-34/h1-10,15-20,33-34H,11-14H2. The summed E-state index contributed by atoms with van der Waals surface area (Å²) in [4.78, 5) is 0. The molecule has 0 bridgehead atoms. The van der Waals surface area contributed by atoms with E-state index in [9.17, 15) is 10.2 Å². The molecule has 0 amide bonds. The van der Waals surface area contributed by atoms with Gasteiger partial charge >= 0.3 is 0 Å². The zero-order valence-corrected chi connectivity index (χ0v) is 22.2. The molecule has 0 fully saturated rings. The third-order valence-electron chi connectivity index (χ3n) is 6.62. The zero-order chi connectivity index (χ0) is 25.9. The fourth-order valence-electron chi connectivity index (χ4n) is 4.90. The number of fused-ring (bicyclic) bond motifs is 2. The smallest absolute Gasteiger partial charge is 0.128 e. The Morgan fingerprint density at radius 1 is 0.526 bits per heavy atom. The summed E-state index contributed by atoms with van der Waals surface area (Å²) in [5.41, 5.74) is 6.52. The van der Waals surface area contributed by atoms with Crippen molar-refractivity contribution in [2.75, 3.05) is 26.4 Å². The molecular weight excluding hydrogens is 512 g/mol. The first-order chi connectivity index (χ1) is 18.8. The van der Waals surface area contributed by atoms with Crippen LogP contribution >= 0.6 is 22.7 Å². The number of thiophene rings is 2. The van der Waals surface area contributed by atoms with E-state index >= 15 is 0 Å². The van der Waals surface area contributed by atoms with Crippen LogP contribution in [-0.4, -0.2) is 36.6 Å². The van der Waals surface area contributed by atoms with Crippen LogP contribution < -0.4 is 9.47 Å². The van der Waals surface area contributed by atoms with Gasteiger partial charge in [0.25, 0.3) is 0 Å². The minimum absolute atomic E-state index is 0.0814. The Labute approximate surface area is 229 Å². The average molecular weight is 539 g/mol. The monoisotopic (exact) mass is 538 g/mol. The fourth-order valence-corrected chi connectivity index (χ4v) is 6.23. The lowest BCUT2D eigenvalue weighted by Gasteiger charge is -2.20. The topological polar surface area (TPSA) is 58.9 Å². The summed E-state index contributed by atoms with van der Waals surface area (Å²) < 4.78 is 12.2. The van der Waals surface area contributed by atoms with E-state index in [1.165, 1.54) is 11.1 Å². The Morgan fingerprint density at radius 3 is 1.39 bits per heavy atom. The van der Waals surface area contributed by atoms with Crippen molar-refractivity contribution >= 4 is 44.2 Å². The molecule has 6 heteroatoms. The lowest BCUT2D eigenvalue weighted by Crippen LogP contribution is -2.05. The maximum atomic E-state index is 9.53. The van der Waals surface area contributed by atoms with Crippen molar-refractivity contribution in [3.05, 3.63) is 94.3 Å². The lowest BCUT2D eigenvalue weighted by molar-refractivity contribution is 0.200. The van der Waals surface area contributed by atoms with Crippen LogP contribution in [0.1, 0.15) is 0 Å². The maximum Gasteiger partial charge on any atom is 0.128 e. The van der Waals surface area contributed by atoms with E-state index in [0.717, 1.165) is 43.8 Å². The quantitative estimate of drug-likeness (QED) is 0.197. The summed E-state index contributed by atoms with van der Waals surface area (Å²) in [6, 6.07) is 25.3. The molecule has 4 aromatic carbocycles. The van der Waals surface area contributed by atoms with E-state index < -0.39 is 0 Å². The molecule has 0 saturated carbocycles. The van der Waals surface area contributed by atoms with Gasteiger partial charge in [-0.1, -0.05) is 36.4 Å². The highest BCUT2D eigenvalue weighted by atomic mass is 32.1. The number of aliphatic hydroxyl groups is 2. The van der Waals surface area contributed by atoms with Crippen LogP contribution in [0.15, 0.2) is 94.3 Å². The molecule has 4 nitrogen and oxygen atoms in total. The van der Waals surface area contributed by atoms with Gasteiger partial charge in [0, 0.05) is 11.1 Å². The van der Waals surface area contributed by atoms with Crippen molar-refractivity contribution in [1.29, 1.82) is 0 Å². The Kier molecular flexibility index (Phi) is 7.12. The Balaban J connectivity index is 1.62. The first kappa shape index (κ1) is 24.6. The summed E-state index contributed by atoms with van der Waals surface area (Å²) in [5, 5.41) is 31.8. The second-order valence-corrected chi connectivity index (χ2v) is 10.5. The molecule has 2 N–H and O–H groups in total. The minimum Gasteiger partial charge on any atom is -0.491 e. The van der Waals surface area contributed by atoms with Gasteiger partial charge in [0.05, 0.1) is 13.2 Å². The molecule has 0 unspecified atom stereocenters. The van der Waals surface area contributed by atoms with E-state index in [4.69, 9.17) is 9.47 Å². The molecule has 0 saturated heterocycles. The van der Waals surface area contributed by atoms with Gasteiger partial charge in [0.15, 0.2) is 0 Å². The predicted octanol–water partition coefficient (Wildman–Crippen LogP) is 7.86. The highest BCUT2D eigenvalue weighted by Crippen LogP contribution is 2.46. The molecule has 2 aromatic heterocycles. The first-order valence-corrected chi connectivity index (χ1v) is 14.3. The number of benzene rings is 4. The van der Waals surface area contributed by atoms with Crippen LogP contribution in [0.2, 0.25) is 0 Å². The number of rotatable bonds is 9. The fraction of sp³-hybridized carbons (Fsp3) is 0.125. The molecule has 0 aliphatic rings. The summed E-state index contributed by atoms with van der Waals surface area (Å²) in [7, 11) is 0. The Bertz CT molecular complexity index is 1560.